The van der Waals surface area contributed by atoms with Crippen molar-refractivity contribution in [2.75, 3.05) is 13.2 Å². The van der Waals surface area contributed by atoms with E-state index in [1.807, 2.05) is 6.08 Å². The third-order valence-electron chi connectivity index (χ3n) is 12.7. The number of carbonyl (C=O) groups is 2. The van der Waals surface area contributed by atoms with Gasteiger partial charge in [0.2, 0.25) is 5.91 Å². The summed E-state index contributed by atoms with van der Waals surface area (Å²) in [4.78, 5) is 24.5. The highest BCUT2D eigenvalue weighted by Gasteiger charge is 2.18. The van der Waals surface area contributed by atoms with Crippen LogP contribution in [0.15, 0.2) is 24.3 Å². The number of aliphatic hydroxyl groups is 2. The normalized spacial score (nSPS) is 12.8. The molecule has 3 N–H and O–H groups in total. The van der Waals surface area contributed by atoms with Crippen LogP contribution in [0.1, 0.15) is 296 Å². The first-order valence-electron chi connectivity index (χ1n) is 27.6. The van der Waals surface area contributed by atoms with Gasteiger partial charge in [0.25, 0.3) is 0 Å². The van der Waals surface area contributed by atoms with Crippen LogP contribution in [0.5, 0.6) is 0 Å². The van der Waals surface area contributed by atoms with Crippen LogP contribution in [0.4, 0.5) is 0 Å². The number of allylic oxidation sites excluding steroid dienone is 3. The number of rotatable bonds is 51. The maximum absolute atomic E-state index is 12.4. The van der Waals surface area contributed by atoms with E-state index in [-0.39, 0.29) is 18.5 Å². The van der Waals surface area contributed by atoms with Crippen LogP contribution in [0.2, 0.25) is 0 Å². The summed E-state index contributed by atoms with van der Waals surface area (Å²) in [6.45, 7) is 4.88. The van der Waals surface area contributed by atoms with Gasteiger partial charge < -0.3 is 20.3 Å². The Balaban J connectivity index is 3.45. The van der Waals surface area contributed by atoms with Crippen molar-refractivity contribution in [2.24, 2.45) is 0 Å². The van der Waals surface area contributed by atoms with E-state index in [0.29, 0.717) is 19.4 Å². The number of hydrogen-bond donors (Lipinski definition) is 3. The van der Waals surface area contributed by atoms with Crippen molar-refractivity contribution in [3.05, 3.63) is 24.3 Å². The van der Waals surface area contributed by atoms with Gasteiger partial charge in [0.1, 0.15) is 0 Å². The number of carbonyl (C=O) groups excluding carboxylic acids is 2. The van der Waals surface area contributed by atoms with E-state index >= 15 is 0 Å². The molecule has 0 bridgehead atoms. The quantitative estimate of drug-likeness (QED) is 0.0321. The molecule has 0 aliphatic heterocycles. The third kappa shape index (κ3) is 47.8. The highest BCUT2D eigenvalue weighted by Crippen LogP contribution is 2.16. The monoisotopic (exact) mass is 874 g/mol. The van der Waals surface area contributed by atoms with Crippen molar-refractivity contribution >= 4 is 11.9 Å². The predicted octanol–water partition coefficient (Wildman–Crippen LogP) is 16.7. The second-order valence-electron chi connectivity index (χ2n) is 18.9. The smallest absolute Gasteiger partial charge is 0.305 e. The summed E-state index contributed by atoms with van der Waals surface area (Å²) in [7, 11) is 0. The molecule has 2 unspecified atom stereocenters. The minimum Gasteiger partial charge on any atom is -0.466 e. The zero-order chi connectivity index (χ0) is 45.1. The van der Waals surface area contributed by atoms with Gasteiger partial charge in [-0.25, -0.2) is 0 Å². The summed E-state index contributed by atoms with van der Waals surface area (Å²) >= 11 is 0. The van der Waals surface area contributed by atoms with E-state index in [9.17, 15) is 19.8 Å². The number of hydrogen-bond acceptors (Lipinski definition) is 5. The Labute approximate surface area is 386 Å². The van der Waals surface area contributed by atoms with E-state index in [1.54, 1.807) is 6.08 Å². The average molecular weight is 874 g/mol. The summed E-state index contributed by atoms with van der Waals surface area (Å²) in [5.74, 6) is -0.0805. The van der Waals surface area contributed by atoms with Crippen molar-refractivity contribution in [3.8, 4) is 0 Å². The van der Waals surface area contributed by atoms with Crippen LogP contribution < -0.4 is 5.32 Å². The summed E-state index contributed by atoms with van der Waals surface area (Å²) in [5, 5.41) is 23.1. The van der Waals surface area contributed by atoms with Crippen LogP contribution in [-0.2, 0) is 14.3 Å². The number of aliphatic hydroxyl groups excluding tert-OH is 2. The molecule has 0 aromatic carbocycles. The summed E-state index contributed by atoms with van der Waals surface area (Å²) in [5.41, 5.74) is 0. The Bertz CT molecular complexity index is 966. The lowest BCUT2D eigenvalue weighted by Gasteiger charge is -2.20. The molecule has 0 aliphatic rings. The van der Waals surface area contributed by atoms with Crippen LogP contribution in [-0.4, -0.2) is 47.4 Å². The third-order valence-corrected chi connectivity index (χ3v) is 12.7. The molecule has 1 amide bonds. The molecule has 62 heavy (non-hydrogen) atoms. The fraction of sp³-hybridized carbons (Fsp3) is 0.893. The topological polar surface area (TPSA) is 95.9 Å². The summed E-state index contributed by atoms with van der Waals surface area (Å²) < 4.78 is 5.46. The Morgan fingerprint density at radius 3 is 1.15 bits per heavy atom. The Kier molecular flexibility index (Phi) is 50.6. The fourth-order valence-electron chi connectivity index (χ4n) is 8.45. The van der Waals surface area contributed by atoms with Crippen molar-refractivity contribution < 1.29 is 24.5 Å². The molecule has 6 nitrogen and oxygen atoms in total. The molecular formula is C56H107NO5. The molecule has 0 heterocycles. The van der Waals surface area contributed by atoms with Crippen molar-refractivity contribution in [1.29, 1.82) is 0 Å². The van der Waals surface area contributed by atoms with Gasteiger partial charge in [-0.1, -0.05) is 250 Å². The van der Waals surface area contributed by atoms with Gasteiger partial charge in [-0.2, -0.15) is 0 Å². The molecule has 0 saturated heterocycles. The zero-order valence-electron chi connectivity index (χ0n) is 41.6. The number of nitrogens with one attached hydrogen (secondary N) is 1. The maximum Gasteiger partial charge on any atom is 0.305 e. The van der Waals surface area contributed by atoms with Crippen molar-refractivity contribution in [1.82, 2.24) is 5.32 Å². The first kappa shape index (κ1) is 60.3. The molecule has 6 heteroatoms. The molecule has 0 rings (SSSR count). The predicted molar refractivity (Wildman–Crippen MR) is 269 cm³/mol. The lowest BCUT2D eigenvalue weighted by atomic mass is 10.0. The lowest BCUT2D eigenvalue weighted by Crippen LogP contribution is -2.45. The summed E-state index contributed by atoms with van der Waals surface area (Å²) in [6.07, 6.45) is 61.8. The molecule has 0 aromatic heterocycles. The molecule has 0 radical (unpaired) electrons. The molecular weight excluding hydrogens is 767 g/mol. The summed E-state index contributed by atoms with van der Waals surface area (Å²) in [6, 6.07) is -0.632. The molecule has 0 spiro atoms. The Hall–Kier alpha value is -1.66. The maximum atomic E-state index is 12.4. The van der Waals surface area contributed by atoms with Crippen LogP contribution >= 0.6 is 0 Å². The standard InChI is InChI=1S/C56H107NO5/c1-3-5-7-9-11-13-15-17-21-24-28-32-36-40-44-48-54(59)53(52-58)57-55(60)49-45-41-37-33-29-25-22-19-20-23-27-31-35-39-43-47-51-62-56(61)50-46-42-38-34-30-26-18-16-14-12-10-8-6-4-2/h16,18,44,48,53-54,58-59H,3-15,17,19-43,45-47,49-52H2,1-2H3,(H,57,60)/b18-16-,48-44+. The van der Waals surface area contributed by atoms with Gasteiger partial charge >= 0.3 is 5.97 Å². The lowest BCUT2D eigenvalue weighted by molar-refractivity contribution is -0.143. The van der Waals surface area contributed by atoms with Gasteiger partial charge in [-0.3, -0.25) is 9.59 Å². The van der Waals surface area contributed by atoms with Gasteiger partial charge in [0.15, 0.2) is 0 Å². The fourth-order valence-corrected chi connectivity index (χ4v) is 8.45. The van der Waals surface area contributed by atoms with Crippen LogP contribution in [0.3, 0.4) is 0 Å². The highest BCUT2D eigenvalue weighted by atomic mass is 16.5. The zero-order valence-corrected chi connectivity index (χ0v) is 41.6. The first-order valence-corrected chi connectivity index (χ1v) is 27.6. The minimum absolute atomic E-state index is 0.00640. The van der Waals surface area contributed by atoms with Crippen molar-refractivity contribution in [3.63, 3.8) is 0 Å². The second-order valence-corrected chi connectivity index (χ2v) is 18.9. The largest absolute Gasteiger partial charge is 0.466 e. The molecule has 0 aromatic rings. The van der Waals surface area contributed by atoms with Gasteiger partial charge in [0.05, 0.1) is 25.4 Å². The Morgan fingerprint density at radius 2 is 0.758 bits per heavy atom. The van der Waals surface area contributed by atoms with E-state index < -0.39 is 12.1 Å². The first-order chi connectivity index (χ1) is 30.5. The average Bonchev–Trinajstić information content (AvgIpc) is 3.27. The van der Waals surface area contributed by atoms with Crippen LogP contribution in [0.25, 0.3) is 0 Å². The van der Waals surface area contributed by atoms with Crippen LogP contribution in [0, 0.1) is 0 Å². The SMILES string of the molecule is CCCCCCC/C=C\CCCCCCCC(=O)OCCCCCCCCCCCCCCCCCCC(=O)NC(CO)C(O)/C=C/CCCCCCCCCCCCCCC. The van der Waals surface area contributed by atoms with Gasteiger partial charge in [-0.15, -0.1) is 0 Å². The van der Waals surface area contributed by atoms with Gasteiger partial charge in [-0.05, 0) is 57.8 Å². The van der Waals surface area contributed by atoms with E-state index in [2.05, 4.69) is 31.3 Å². The van der Waals surface area contributed by atoms with E-state index in [1.165, 1.54) is 225 Å². The number of ether oxygens (including phenoxy) is 1. The molecule has 0 saturated carbocycles. The minimum atomic E-state index is -0.848. The van der Waals surface area contributed by atoms with E-state index in [0.717, 1.165) is 44.9 Å². The number of amides is 1. The van der Waals surface area contributed by atoms with Gasteiger partial charge in [0, 0.05) is 12.8 Å². The Morgan fingerprint density at radius 1 is 0.435 bits per heavy atom. The van der Waals surface area contributed by atoms with Crippen molar-refractivity contribution in [2.45, 2.75) is 309 Å². The molecule has 366 valence electrons. The molecule has 0 aliphatic carbocycles. The van der Waals surface area contributed by atoms with E-state index in [4.69, 9.17) is 4.74 Å². The highest BCUT2D eigenvalue weighted by molar-refractivity contribution is 5.76. The number of unbranched alkanes of at least 4 members (excludes halogenated alkanes) is 38. The molecule has 2 atom stereocenters. The number of esters is 1. The molecule has 0 fully saturated rings. The second kappa shape index (κ2) is 52.0.